The molecule has 1 aromatic carbocycles. The minimum absolute atomic E-state index is 0.0863. The van der Waals surface area contributed by atoms with Crippen molar-refractivity contribution < 1.29 is 4.39 Å². The molecule has 0 aliphatic carbocycles. The average Bonchev–Trinajstić information content (AvgIpc) is 2.57. The predicted octanol–water partition coefficient (Wildman–Crippen LogP) is 2.40. The second-order valence-electron chi connectivity index (χ2n) is 4.72. The summed E-state index contributed by atoms with van der Waals surface area (Å²) in [4.78, 5) is 2.33. The lowest BCUT2D eigenvalue weighted by molar-refractivity contribution is 0.277. The van der Waals surface area contributed by atoms with E-state index in [1.165, 1.54) is 6.42 Å². The van der Waals surface area contributed by atoms with Crippen molar-refractivity contribution in [2.45, 2.75) is 32.4 Å². The monoisotopic (exact) mass is 236 g/mol. The van der Waals surface area contributed by atoms with Crippen LogP contribution in [-0.2, 0) is 6.54 Å². The van der Waals surface area contributed by atoms with Gasteiger partial charge in [-0.25, -0.2) is 4.39 Å². The zero-order valence-electron chi connectivity index (χ0n) is 10.5. The number of nitrogens with one attached hydrogen (secondary N) is 1. The molecule has 0 radical (unpaired) electrons. The quantitative estimate of drug-likeness (QED) is 0.867. The third kappa shape index (κ3) is 3.51. The van der Waals surface area contributed by atoms with Crippen molar-refractivity contribution in [2.75, 3.05) is 19.6 Å². The Hall–Kier alpha value is -0.930. The number of benzene rings is 1. The van der Waals surface area contributed by atoms with Crippen LogP contribution in [0.2, 0.25) is 0 Å². The summed E-state index contributed by atoms with van der Waals surface area (Å²) in [5.74, 6) is -0.0863. The number of halogens is 1. The molecular weight excluding hydrogens is 215 g/mol. The Kier molecular flexibility index (Phi) is 4.51. The molecule has 1 aromatic rings. The molecule has 0 spiro atoms. The molecule has 1 aliphatic heterocycles. The van der Waals surface area contributed by atoms with E-state index in [9.17, 15) is 4.39 Å². The Morgan fingerprint density at radius 2 is 2.18 bits per heavy atom. The maximum atomic E-state index is 13.5. The molecule has 2 nitrogen and oxygen atoms in total. The standard InChI is InChI=1S/C14H21FN2/c1-2-13-7-9-17(10-8-16-13)11-12-5-3-4-6-14(12)15/h3-6,13,16H,2,7-11H2,1H3. The highest BCUT2D eigenvalue weighted by Crippen LogP contribution is 2.12. The van der Waals surface area contributed by atoms with Gasteiger partial charge in [-0.15, -0.1) is 0 Å². The van der Waals surface area contributed by atoms with Gasteiger partial charge in [0.25, 0.3) is 0 Å². The van der Waals surface area contributed by atoms with Crippen LogP contribution in [0.1, 0.15) is 25.3 Å². The molecule has 0 aromatic heterocycles. The first-order chi connectivity index (χ1) is 8.29. The van der Waals surface area contributed by atoms with E-state index in [-0.39, 0.29) is 5.82 Å². The normalized spacial score (nSPS) is 22.4. The highest BCUT2D eigenvalue weighted by Gasteiger charge is 2.15. The summed E-state index contributed by atoms with van der Waals surface area (Å²) in [5.41, 5.74) is 0.808. The lowest BCUT2D eigenvalue weighted by Crippen LogP contribution is -2.30. The molecule has 1 atom stereocenters. The van der Waals surface area contributed by atoms with Crippen molar-refractivity contribution in [3.63, 3.8) is 0 Å². The van der Waals surface area contributed by atoms with Crippen molar-refractivity contribution in [3.05, 3.63) is 35.6 Å². The molecule has 1 unspecified atom stereocenters. The van der Waals surface area contributed by atoms with Crippen molar-refractivity contribution >= 4 is 0 Å². The summed E-state index contributed by atoms with van der Waals surface area (Å²) in [6.45, 7) is 6.01. The third-order valence-electron chi connectivity index (χ3n) is 3.50. The van der Waals surface area contributed by atoms with E-state index < -0.39 is 0 Å². The minimum atomic E-state index is -0.0863. The first-order valence-corrected chi connectivity index (χ1v) is 6.48. The Labute approximate surface area is 103 Å². The minimum Gasteiger partial charge on any atom is -0.313 e. The van der Waals surface area contributed by atoms with E-state index in [0.717, 1.165) is 38.2 Å². The molecular formula is C14H21FN2. The van der Waals surface area contributed by atoms with Crippen molar-refractivity contribution in [1.29, 1.82) is 0 Å². The van der Waals surface area contributed by atoms with Gasteiger partial charge in [-0.3, -0.25) is 4.90 Å². The highest BCUT2D eigenvalue weighted by atomic mass is 19.1. The second-order valence-corrected chi connectivity index (χ2v) is 4.72. The molecule has 1 saturated heterocycles. The maximum absolute atomic E-state index is 13.5. The highest BCUT2D eigenvalue weighted by molar-refractivity contribution is 5.17. The fourth-order valence-corrected chi connectivity index (χ4v) is 2.35. The van der Waals surface area contributed by atoms with Crippen LogP contribution in [0.15, 0.2) is 24.3 Å². The van der Waals surface area contributed by atoms with Gasteiger partial charge >= 0.3 is 0 Å². The molecule has 3 heteroatoms. The number of hydrogen-bond donors (Lipinski definition) is 1. The molecule has 1 N–H and O–H groups in total. The van der Waals surface area contributed by atoms with Gasteiger partial charge in [-0.05, 0) is 18.9 Å². The van der Waals surface area contributed by atoms with Crippen molar-refractivity contribution in [1.82, 2.24) is 10.2 Å². The molecule has 1 heterocycles. The van der Waals surface area contributed by atoms with Gasteiger partial charge in [-0.1, -0.05) is 25.1 Å². The van der Waals surface area contributed by atoms with E-state index in [2.05, 4.69) is 17.1 Å². The van der Waals surface area contributed by atoms with Crippen LogP contribution in [0.3, 0.4) is 0 Å². The smallest absolute Gasteiger partial charge is 0.127 e. The van der Waals surface area contributed by atoms with Gasteiger partial charge in [0.05, 0.1) is 0 Å². The molecule has 0 bridgehead atoms. The van der Waals surface area contributed by atoms with Crippen LogP contribution in [0.5, 0.6) is 0 Å². The molecule has 0 saturated carbocycles. The zero-order chi connectivity index (χ0) is 12.1. The van der Waals surface area contributed by atoms with Crippen LogP contribution >= 0.6 is 0 Å². The van der Waals surface area contributed by atoms with Crippen LogP contribution < -0.4 is 5.32 Å². The topological polar surface area (TPSA) is 15.3 Å². The van der Waals surface area contributed by atoms with E-state index in [0.29, 0.717) is 6.04 Å². The molecule has 0 amide bonds. The summed E-state index contributed by atoms with van der Waals surface area (Å²) in [7, 11) is 0. The average molecular weight is 236 g/mol. The van der Waals surface area contributed by atoms with Gasteiger partial charge in [-0.2, -0.15) is 0 Å². The first kappa shape index (κ1) is 12.5. The fraction of sp³-hybridized carbons (Fsp3) is 0.571. The molecule has 94 valence electrons. The Morgan fingerprint density at radius 1 is 1.35 bits per heavy atom. The maximum Gasteiger partial charge on any atom is 0.127 e. The molecule has 17 heavy (non-hydrogen) atoms. The van der Waals surface area contributed by atoms with Crippen LogP contribution in [0, 0.1) is 5.82 Å². The van der Waals surface area contributed by atoms with E-state index in [4.69, 9.17) is 0 Å². The summed E-state index contributed by atoms with van der Waals surface area (Å²) in [5, 5.41) is 3.53. The number of hydrogen-bond acceptors (Lipinski definition) is 2. The van der Waals surface area contributed by atoms with Crippen LogP contribution in [0.25, 0.3) is 0 Å². The Morgan fingerprint density at radius 3 is 2.94 bits per heavy atom. The Balaban J connectivity index is 1.93. The molecule has 1 aliphatic rings. The lowest BCUT2D eigenvalue weighted by atomic mass is 10.1. The lowest BCUT2D eigenvalue weighted by Gasteiger charge is -2.19. The van der Waals surface area contributed by atoms with E-state index in [1.807, 2.05) is 12.1 Å². The van der Waals surface area contributed by atoms with Gasteiger partial charge in [0.15, 0.2) is 0 Å². The van der Waals surface area contributed by atoms with Crippen molar-refractivity contribution in [2.24, 2.45) is 0 Å². The zero-order valence-corrected chi connectivity index (χ0v) is 10.5. The van der Waals surface area contributed by atoms with E-state index in [1.54, 1.807) is 12.1 Å². The summed E-state index contributed by atoms with van der Waals surface area (Å²) >= 11 is 0. The summed E-state index contributed by atoms with van der Waals surface area (Å²) < 4.78 is 13.5. The number of rotatable bonds is 3. The predicted molar refractivity (Wildman–Crippen MR) is 68.4 cm³/mol. The first-order valence-electron chi connectivity index (χ1n) is 6.48. The fourth-order valence-electron chi connectivity index (χ4n) is 2.35. The SMILES string of the molecule is CCC1CCN(Cc2ccccc2F)CCN1. The Bertz CT molecular complexity index is 354. The van der Waals surface area contributed by atoms with Gasteiger partial charge < -0.3 is 5.32 Å². The number of nitrogens with zero attached hydrogens (tertiary/aromatic N) is 1. The second kappa shape index (κ2) is 6.12. The molecule has 2 rings (SSSR count). The largest absolute Gasteiger partial charge is 0.313 e. The van der Waals surface area contributed by atoms with Crippen LogP contribution in [0.4, 0.5) is 4.39 Å². The van der Waals surface area contributed by atoms with Gasteiger partial charge in [0.1, 0.15) is 5.82 Å². The summed E-state index contributed by atoms with van der Waals surface area (Å²) in [6, 6.07) is 7.70. The van der Waals surface area contributed by atoms with E-state index >= 15 is 0 Å². The van der Waals surface area contributed by atoms with Crippen molar-refractivity contribution in [3.8, 4) is 0 Å². The van der Waals surface area contributed by atoms with Gasteiger partial charge in [0, 0.05) is 37.8 Å². The third-order valence-corrected chi connectivity index (χ3v) is 3.50. The van der Waals surface area contributed by atoms with Crippen LogP contribution in [-0.4, -0.2) is 30.6 Å². The van der Waals surface area contributed by atoms with Gasteiger partial charge in [0.2, 0.25) is 0 Å². The summed E-state index contributed by atoms with van der Waals surface area (Å²) in [6.07, 6.45) is 2.33. The molecule has 1 fully saturated rings.